The summed E-state index contributed by atoms with van der Waals surface area (Å²) in [7, 11) is 1.66. The number of amides is 2. The zero-order valence-electron chi connectivity index (χ0n) is 12.5. The van der Waals surface area contributed by atoms with Gasteiger partial charge in [0.25, 0.3) is 0 Å². The van der Waals surface area contributed by atoms with Crippen LogP contribution in [0.15, 0.2) is 0 Å². The summed E-state index contributed by atoms with van der Waals surface area (Å²) < 4.78 is 4.94. The van der Waals surface area contributed by atoms with Gasteiger partial charge in [0.05, 0.1) is 6.61 Å². The van der Waals surface area contributed by atoms with E-state index in [1.54, 1.807) is 7.11 Å². The Morgan fingerprint density at radius 1 is 1.10 bits per heavy atom. The standard InChI is InChI=1S/C15H26N2O3/c1-20-10-8-16-7-9-17-13(18)11-15(12-14(17)19)5-3-2-4-6-15/h16H,2-12H2,1H3. The molecule has 1 saturated heterocycles. The number of nitrogens with one attached hydrogen (secondary N) is 1. The third-order valence-electron chi connectivity index (χ3n) is 4.56. The lowest BCUT2D eigenvalue weighted by molar-refractivity contribution is -0.154. The number of piperidine rings is 1. The van der Waals surface area contributed by atoms with Crippen LogP contribution in [0.4, 0.5) is 0 Å². The Hall–Kier alpha value is -0.940. The highest BCUT2D eigenvalue weighted by Gasteiger charge is 2.43. The van der Waals surface area contributed by atoms with Crippen molar-refractivity contribution < 1.29 is 14.3 Å². The molecule has 1 heterocycles. The van der Waals surface area contributed by atoms with Crippen molar-refractivity contribution in [2.24, 2.45) is 5.41 Å². The molecule has 0 unspecified atom stereocenters. The van der Waals surface area contributed by atoms with Gasteiger partial charge in [0.15, 0.2) is 0 Å². The average Bonchev–Trinajstić information content (AvgIpc) is 2.42. The zero-order valence-corrected chi connectivity index (χ0v) is 12.5. The van der Waals surface area contributed by atoms with Gasteiger partial charge >= 0.3 is 0 Å². The highest BCUT2D eigenvalue weighted by molar-refractivity contribution is 5.98. The highest BCUT2D eigenvalue weighted by atomic mass is 16.5. The highest BCUT2D eigenvalue weighted by Crippen LogP contribution is 2.45. The molecule has 1 saturated carbocycles. The van der Waals surface area contributed by atoms with Crippen LogP contribution in [0.25, 0.3) is 0 Å². The van der Waals surface area contributed by atoms with Gasteiger partial charge < -0.3 is 10.1 Å². The summed E-state index contributed by atoms with van der Waals surface area (Å²) in [6, 6.07) is 0. The maximum absolute atomic E-state index is 12.3. The lowest BCUT2D eigenvalue weighted by Gasteiger charge is -2.42. The first-order chi connectivity index (χ1) is 9.67. The number of rotatable bonds is 6. The van der Waals surface area contributed by atoms with Crippen LogP contribution in [0.1, 0.15) is 44.9 Å². The van der Waals surface area contributed by atoms with Crippen molar-refractivity contribution in [3.63, 3.8) is 0 Å². The maximum atomic E-state index is 12.3. The van der Waals surface area contributed by atoms with E-state index in [2.05, 4.69) is 5.32 Å². The Morgan fingerprint density at radius 2 is 1.75 bits per heavy atom. The second-order valence-electron chi connectivity index (χ2n) is 6.10. The monoisotopic (exact) mass is 282 g/mol. The Labute approximate surface area is 121 Å². The number of methoxy groups -OCH3 is 1. The topological polar surface area (TPSA) is 58.6 Å². The van der Waals surface area contributed by atoms with Gasteiger partial charge in [0, 0.05) is 39.6 Å². The van der Waals surface area contributed by atoms with Crippen molar-refractivity contribution in [1.29, 1.82) is 0 Å². The molecule has 0 atom stereocenters. The molecule has 0 aromatic carbocycles. The molecule has 1 spiro atoms. The quantitative estimate of drug-likeness (QED) is 0.590. The van der Waals surface area contributed by atoms with Gasteiger partial charge in [-0.2, -0.15) is 0 Å². The summed E-state index contributed by atoms with van der Waals surface area (Å²) in [6.45, 7) is 2.52. The van der Waals surface area contributed by atoms with E-state index in [0.29, 0.717) is 32.5 Å². The van der Waals surface area contributed by atoms with Crippen molar-refractivity contribution in [3.8, 4) is 0 Å². The summed E-state index contributed by atoms with van der Waals surface area (Å²) in [6.07, 6.45) is 6.80. The van der Waals surface area contributed by atoms with E-state index < -0.39 is 0 Å². The smallest absolute Gasteiger partial charge is 0.229 e. The fourth-order valence-electron chi connectivity index (χ4n) is 3.43. The molecule has 1 N–H and O–H groups in total. The van der Waals surface area contributed by atoms with Gasteiger partial charge in [0.1, 0.15) is 0 Å². The van der Waals surface area contributed by atoms with Crippen molar-refractivity contribution in [3.05, 3.63) is 0 Å². The van der Waals surface area contributed by atoms with E-state index in [9.17, 15) is 9.59 Å². The Morgan fingerprint density at radius 3 is 2.35 bits per heavy atom. The number of ether oxygens (including phenoxy) is 1. The number of nitrogens with zero attached hydrogens (tertiary/aromatic N) is 1. The van der Waals surface area contributed by atoms with Crippen molar-refractivity contribution in [1.82, 2.24) is 10.2 Å². The number of likely N-dealkylation sites (tertiary alicyclic amines) is 1. The summed E-state index contributed by atoms with van der Waals surface area (Å²) >= 11 is 0. The molecule has 0 aromatic rings. The molecule has 2 amide bonds. The molecule has 2 fully saturated rings. The molecular weight excluding hydrogens is 256 g/mol. The fraction of sp³-hybridized carbons (Fsp3) is 0.867. The van der Waals surface area contributed by atoms with Crippen LogP contribution >= 0.6 is 0 Å². The largest absolute Gasteiger partial charge is 0.383 e. The number of carbonyl (C=O) groups excluding carboxylic acids is 2. The van der Waals surface area contributed by atoms with Crippen molar-refractivity contribution in [2.45, 2.75) is 44.9 Å². The molecule has 2 aliphatic rings. The predicted molar refractivity (Wildman–Crippen MR) is 76.2 cm³/mol. The van der Waals surface area contributed by atoms with E-state index >= 15 is 0 Å². The molecule has 0 bridgehead atoms. The fourth-order valence-corrected chi connectivity index (χ4v) is 3.43. The summed E-state index contributed by atoms with van der Waals surface area (Å²) in [5.41, 5.74) is -0.00754. The second kappa shape index (κ2) is 7.18. The maximum Gasteiger partial charge on any atom is 0.229 e. The van der Waals surface area contributed by atoms with Crippen LogP contribution in [0.3, 0.4) is 0 Å². The van der Waals surface area contributed by atoms with Crippen molar-refractivity contribution >= 4 is 11.8 Å². The van der Waals surface area contributed by atoms with E-state index in [4.69, 9.17) is 4.74 Å². The summed E-state index contributed by atoms with van der Waals surface area (Å²) in [5.74, 6) is 0.0494. The van der Waals surface area contributed by atoms with Gasteiger partial charge in [-0.15, -0.1) is 0 Å². The molecule has 5 nitrogen and oxygen atoms in total. The van der Waals surface area contributed by atoms with Gasteiger partial charge in [-0.1, -0.05) is 19.3 Å². The number of hydrogen-bond acceptors (Lipinski definition) is 4. The molecule has 1 aliphatic carbocycles. The Balaban J connectivity index is 1.81. The minimum atomic E-state index is -0.00754. The average molecular weight is 282 g/mol. The number of imide groups is 1. The summed E-state index contributed by atoms with van der Waals surface area (Å²) in [4.78, 5) is 25.9. The minimum absolute atomic E-state index is 0.00754. The van der Waals surface area contributed by atoms with E-state index in [0.717, 1.165) is 19.4 Å². The van der Waals surface area contributed by atoms with Gasteiger partial charge in [-0.05, 0) is 18.3 Å². The lowest BCUT2D eigenvalue weighted by Crippen LogP contribution is -2.50. The van der Waals surface area contributed by atoms with Crippen LogP contribution < -0.4 is 5.32 Å². The van der Waals surface area contributed by atoms with Crippen LogP contribution in [0, 0.1) is 5.41 Å². The number of carbonyl (C=O) groups is 2. The molecule has 2 rings (SSSR count). The summed E-state index contributed by atoms with van der Waals surface area (Å²) in [5, 5.41) is 3.17. The van der Waals surface area contributed by atoms with Crippen molar-refractivity contribution in [2.75, 3.05) is 33.4 Å². The van der Waals surface area contributed by atoms with Gasteiger partial charge in [0.2, 0.25) is 11.8 Å². The SMILES string of the molecule is COCCNCCN1C(=O)CC2(CCCCC2)CC1=O. The minimum Gasteiger partial charge on any atom is -0.383 e. The van der Waals surface area contributed by atoms with Crippen LogP contribution in [-0.2, 0) is 14.3 Å². The van der Waals surface area contributed by atoms with Crippen LogP contribution in [0.5, 0.6) is 0 Å². The lowest BCUT2D eigenvalue weighted by atomic mass is 9.67. The first kappa shape index (κ1) is 15.4. The molecule has 0 aromatic heterocycles. The molecule has 0 radical (unpaired) electrons. The normalized spacial score (nSPS) is 22.6. The first-order valence-electron chi connectivity index (χ1n) is 7.70. The van der Waals surface area contributed by atoms with Gasteiger partial charge in [-0.3, -0.25) is 14.5 Å². The number of hydrogen-bond donors (Lipinski definition) is 1. The molecule has 20 heavy (non-hydrogen) atoms. The Bertz CT molecular complexity index is 331. The second-order valence-corrected chi connectivity index (χ2v) is 6.10. The molecule has 1 aliphatic heterocycles. The third kappa shape index (κ3) is 3.79. The van der Waals surface area contributed by atoms with Gasteiger partial charge in [-0.25, -0.2) is 0 Å². The molecule has 114 valence electrons. The van der Waals surface area contributed by atoms with E-state index in [-0.39, 0.29) is 17.2 Å². The first-order valence-corrected chi connectivity index (χ1v) is 7.70. The Kier molecular flexibility index (Phi) is 5.54. The van der Waals surface area contributed by atoms with Crippen LogP contribution in [0.2, 0.25) is 0 Å². The van der Waals surface area contributed by atoms with E-state index in [1.165, 1.54) is 24.2 Å². The van der Waals surface area contributed by atoms with E-state index in [1.807, 2.05) is 0 Å². The molecule has 5 heteroatoms. The zero-order chi connectivity index (χ0) is 14.4. The third-order valence-corrected chi connectivity index (χ3v) is 4.56. The molecular formula is C15H26N2O3. The van der Waals surface area contributed by atoms with Crippen LogP contribution in [-0.4, -0.2) is 50.1 Å². The predicted octanol–water partition coefficient (Wildman–Crippen LogP) is 1.32.